The molecule has 1 aromatic carbocycles. The summed E-state index contributed by atoms with van der Waals surface area (Å²) >= 11 is 12.4. The Morgan fingerprint density at radius 3 is 2.71 bits per heavy atom. The topological polar surface area (TPSA) is 51.8 Å². The van der Waals surface area contributed by atoms with Crippen LogP contribution in [0.2, 0.25) is 10.0 Å². The van der Waals surface area contributed by atoms with Crippen molar-refractivity contribution in [2.45, 2.75) is 25.7 Å². The minimum absolute atomic E-state index is 0.560. The van der Waals surface area contributed by atoms with Crippen LogP contribution < -0.4 is 5.73 Å². The van der Waals surface area contributed by atoms with Crippen molar-refractivity contribution in [3.63, 3.8) is 0 Å². The average molecular weight is 322 g/mol. The number of nitrogens with two attached hydrogens (primary N) is 1. The van der Waals surface area contributed by atoms with Gasteiger partial charge in [-0.3, -0.25) is 0 Å². The van der Waals surface area contributed by atoms with E-state index in [2.05, 4.69) is 4.98 Å². The number of aromatic nitrogens is 2. The number of nitrogens with zero attached hydrogens (tertiary/aromatic N) is 2. The molecule has 0 amide bonds. The van der Waals surface area contributed by atoms with Crippen molar-refractivity contribution in [2.75, 3.05) is 6.54 Å². The van der Waals surface area contributed by atoms with Crippen molar-refractivity contribution >= 4 is 23.2 Å². The molecule has 1 unspecified atom stereocenters. The van der Waals surface area contributed by atoms with E-state index in [1.165, 1.54) is 5.56 Å². The maximum absolute atomic E-state index is 6.21. The van der Waals surface area contributed by atoms with E-state index in [4.69, 9.17) is 33.9 Å². The van der Waals surface area contributed by atoms with Crippen LogP contribution in [-0.2, 0) is 19.3 Å². The molecule has 0 saturated carbocycles. The quantitative estimate of drug-likeness (QED) is 0.942. The third kappa shape index (κ3) is 3.20. The first kappa shape index (κ1) is 14.8. The first-order chi connectivity index (χ1) is 10.2. The molecule has 2 N–H and O–H groups in total. The van der Waals surface area contributed by atoms with Crippen molar-refractivity contribution in [3.05, 3.63) is 57.1 Å². The number of fused-ring (bicyclic) bond motifs is 1. The molecular formula is C16H17Cl2N3. The van der Waals surface area contributed by atoms with Crippen LogP contribution in [0.4, 0.5) is 0 Å². The van der Waals surface area contributed by atoms with Gasteiger partial charge in [-0.05, 0) is 55.0 Å². The van der Waals surface area contributed by atoms with Crippen LogP contribution >= 0.6 is 23.2 Å². The molecule has 0 fully saturated rings. The van der Waals surface area contributed by atoms with E-state index in [1.54, 1.807) is 0 Å². The van der Waals surface area contributed by atoms with Gasteiger partial charge in [0.05, 0.1) is 0 Å². The Labute approximate surface area is 134 Å². The Kier molecular flexibility index (Phi) is 4.43. The molecule has 3 nitrogen and oxygen atoms in total. The maximum Gasteiger partial charge on any atom is 0.133 e. The van der Waals surface area contributed by atoms with E-state index < -0.39 is 0 Å². The largest absolute Gasteiger partial charge is 0.330 e. The zero-order valence-corrected chi connectivity index (χ0v) is 13.2. The molecule has 5 heteroatoms. The summed E-state index contributed by atoms with van der Waals surface area (Å²) in [6.07, 6.45) is 5.56. The highest BCUT2D eigenvalue weighted by Crippen LogP contribution is 2.27. The first-order valence-corrected chi connectivity index (χ1v) is 7.89. The third-order valence-corrected chi connectivity index (χ3v) is 4.74. The van der Waals surface area contributed by atoms with Gasteiger partial charge in [-0.15, -0.1) is 0 Å². The molecule has 0 aliphatic heterocycles. The van der Waals surface area contributed by atoms with Crippen LogP contribution in [0.15, 0.2) is 24.4 Å². The second-order valence-electron chi connectivity index (χ2n) is 5.48. The molecule has 0 saturated heterocycles. The van der Waals surface area contributed by atoms with Gasteiger partial charge < -0.3 is 5.73 Å². The zero-order valence-electron chi connectivity index (χ0n) is 11.6. The molecule has 110 valence electrons. The highest BCUT2D eigenvalue weighted by atomic mass is 35.5. The minimum Gasteiger partial charge on any atom is -0.330 e. The molecule has 1 aromatic heterocycles. The fourth-order valence-corrected chi connectivity index (χ4v) is 3.30. The smallest absolute Gasteiger partial charge is 0.133 e. The zero-order chi connectivity index (χ0) is 14.8. The molecule has 1 heterocycles. The summed E-state index contributed by atoms with van der Waals surface area (Å²) in [7, 11) is 0. The summed E-state index contributed by atoms with van der Waals surface area (Å²) in [5.74, 6) is 1.33. The van der Waals surface area contributed by atoms with E-state index in [9.17, 15) is 0 Å². The van der Waals surface area contributed by atoms with Crippen LogP contribution in [0.5, 0.6) is 0 Å². The lowest BCUT2D eigenvalue weighted by Crippen LogP contribution is -2.23. The molecular weight excluding hydrogens is 305 g/mol. The van der Waals surface area contributed by atoms with E-state index in [0.29, 0.717) is 22.4 Å². The molecule has 1 aliphatic carbocycles. The third-order valence-electron chi connectivity index (χ3n) is 4.03. The number of hydrogen-bond acceptors (Lipinski definition) is 3. The fourth-order valence-electron chi connectivity index (χ4n) is 2.77. The van der Waals surface area contributed by atoms with Gasteiger partial charge in [-0.25, -0.2) is 9.97 Å². The summed E-state index contributed by atoms with van der Waals surface area (Å²) in [5, 5.41) is 1.32. The number of benzene rings is 1. The lowest BCUT2D eigenvalue weighted by atomic mass is 9.87. The lowest BCUT2D eigenvalue weighted by Gasteiger charge is -2.22. The van der Waals surface area contributed by atoms with Gasteiger partial charge in [0, 0.05) is 28.4 Å². The van der Waals surface area contributed by atoms with Gasteiger partial charge >= 0.3 is 0 Å². The van der Waals surface area contributed by atoms with Crippen LogP contribution in [0.25, 0.3) is 0 Å². The molecule has 1 atom stereocenters. The number of hydrogen-bond donors (Lipinski definition) is 1. The highest BCUT2D eigenvalue weighted by Gasteiger charge is 2.19. The first-order valence-electron chi connectivity index (χ1n) is 7.14. The van der Waals surface area contributed by atoms with Gasteiger partial charge in [-0.1, -0.05) is 29.3 Å². The fraction of sp³-hybridized carbons (Fsp3) is 0.375. The number of aryl methyl sites for hydroxylation is 1. The summed E-state index contributed by atoms with van der Waals surface area (Å²) in [5.41, 5.74) is 9.01. The summed E-state index contributed by atoms with van der Waals surface area (Å²) < 4.78 is 0. The van der Waals surface area contributed by atoms with Gasteiger partial charge in [-0.2, -0.15) is 0 Å². The van der Waals surface area contributed by atoms with E-state index >= 15 is 0 Å². The summed E-state index contributed by atoms with van der Waals surface area (Å²) in [6, 6.07) is 5.52. The summed E-state index contributed by atoms with van der Waals surface area (Å²) in [6.45, 7) is 0.733. The van der Waals surface area contributed by atoms with Gasteiger partial charge in [0.15, 0.2) is 0 Å². The van der Waals surface area contributed by atoms with Gasteiger partial charge in [0.1, 0.15) is 5.82 Å². The van der Waals surface area contributed by atoms with Crippen molar-refractivity contribution < 1.29 is 0 Å². The lowest BCUT2D eigenvalue weighted by molar-refractivity contribution is 0.460. The predicted octanol–water partition coefficient (Wildman–Crippen LogP) is 3.44. The highest BCUT2D eigenvalue weighted by molar-refractivity contribution is 6.36. The second kappa shape index (κ2) is 6.30. The van der Waals surface area contributed by atoms with Crippen molar-refractivity contribution in [3.8, 4) is 0 Å². The SMILES string of the molecule is NCC1CCc2nc(Cc3c(Cl)cccc3Cl)ncc2C1. The summed E-state index contributed by atoms with van der Waals surface area (Å²) in [4.78, 5) is 9.16. The Morgan fingerprint density at radius 2 is 2.00 bits per heavy atom. The average Bonchev–Trinajstić information content (AvgIpc) is 2.50. The number of halogens is 2. The molecule has 0 bridgehead atoms. The normalized spacial score (nSPS) is 17.6. The van der Waals surface area contributed by atoms with E-state index in [1.807, 2.05) is 24.4 Å². The van der Waals surface area contributed by atoms with Crippen LogP contribution in [0, 0.1) is 5.92 Å². The van der Waals surface area contributed by atoms with Crippen molar-refractivity contribution in [2.24, 2.45) is 11.7 Å². The molecule has 3 rings (SSSR count). The van der Waals surface area contributed by atoms with E-state index in [0.717, 1.165) is 42.9 Å². The standard InChI is InChI=1S/C16H17Cl2N3/c17-13-2-1-3-14(18)12(13)7-16-20-9-11-6-10(8-19)4-5-15(11)21-16/h1-3,9-10H,4-8,19H2. The minimum atomic E-state index is 0.560. The molecule has 0 spiro atoms. The Bertz CT molecular complexity index is 638. The predicted molar refractivity (Wildman–Crippen MR) is 85.9 cm³/mol. The Morgan fingerprint density at radius 1 is 1.24 bits per heavy atom. The maximum atomic E-state index is 6.21. The molecule has 21 heavy (non-hydrogen) atoms. The second-order valence-corrected chi connectivity index (χ2v) is 6.29. The molecule has 2 aromatic rings. The van der Waals surface area contributed by atoms with Crippen LogP contribution in [-0.4, -0.2) is 16.5 Å². The van der Waals surface area contributed by atoms with Crippen LogP contribution in [0.1, 0.15) is 29.1 Å². The van der Waals surface area contributed by atoms with E-state index in [-0.39, 0.29) is 0 Å². The monoisotopic (exact) mass is 321 g/mol. The molecule has 1 aliphatic rings. The Hall–Kier alpha value is -1.16. The molecule has 0 radical (unpaired) electrons. The Balaban J connectivity index is 1.85. The van der Waals surface area contributed by atoms with Gasteiger partial charge in [0.2, 0.25) is 0 Å². The van der Waals surface area contributed by atoms with Crippen LogP contribution in [0.3, 0.4) is 0 Å². The van der Waals surface area contributed by atoms with Crippen molar-refractivity contribution in [1.82, 2.24) is 9.97 Å². The van der Waals surface area contributed by atoms with Crippen molar-refractivity contribution in [1.29, 1.82) is 0 Å². The van der Waals surface area contributed by atoms with Gasteiger partial charge in [0.25, 0.3) is 0 Å². The number of rotatable bonds is 3.